The molecule has 0 saturated carbocycles. The number of carbonyl (C=O) groups is 1. The Hall–Kier alpha value is -2.08. The van der Waals surface area contributed by atoms with Crippen LogP contribution in [0.4, 0.5) is 5.82 Å². The van der Waals surface area contributed by atoms with E-state index in [1.807, 2.05) is 6.92 Å². The van der Waals surface area contributed by atoms with E-state index in [1.165, 1.54) is 6.20 Å². The van der Waals surface area contributed by atoms with Crippen LogP contribution >= 0.6 is 11.6 Å². The van der Waals surface area contributed by atoms with Crippen molar-refractivity contribution in [2.75, 3.05) is 11.9 Å². The minimum atomic E-state index is -0.279. The van der Waals surface area contributed by atoms with Gasteiger partial charge in [0.05, 0.1) is 23.3 Å². The van der Waals surface area contributed by atoms with Crippen LogP contribution in [0.15, 0.2) is 22.9 Å². The van der Waals surface area contributed by atoms with Crippen molar-refractivity contribution in [2.24, 2.45) is 0 Å². The quantitative estimate of drug-likeness (QED) is 0.885. The van der Waals surface area contributed by atoms with Crippen molar-refractivity contribution in [1.82, 2.24) is 15.3 Å². The summed E-state index contributed by atoms with van der Waals surface area (Å²) < 4.78 is 5.27. The Morgan fingerprint density at radius 1 is 1.40 bits per heavy atom. The van der Waals surface area contributed by atoms with Gasteiger partial charge in [-0.25, -0.2) is 9.97 Å². The van der Waals surface area contributed by atoms with Gasteiger partial charge in [0.1, 0.15) is 11.6 Å². The van der Waals surface area contributed by atoms with Gasteiger partial charge in [0.15, 0.2) is 0 Å². The summed E-state index contributed by atoms with van der Waals surface area (Å²) in [4.78, 5) is 20.1. The number of aryl methyl sites for hydroxylation is 1. The number of rotatable bonds is 5. The number of oxazole rings is 1. The first-order valence-corrected chi connectivity index (χ1v) is 6.57. The molecule has 0 aromatic carbocycles. The van der Waals surface area contributed by atoms with Gasteiger partial charge in [-0.1, -0.05) is 11.6 Å². The van der Waals surface area contributed by atoms with Crippen LogP contribution in [0.5, 0.6) is 0 Å². The van der Waals surface area contributed by atoms with Gasteiger partial charge in [-0.3, -0.25) is 4.79 Å². The highest BCUT2D eigenvalue weighted by Gasteiger charge is 2.10. The predicted molar refractivity (Wildman–Crippen MR) is 75.8 cm³/mol. The van der Waals surface area contributed by atoms with E-state index in [-0.39, 0.29) is 12.5 Å². The van der Waals surface area contributed by atoms with E-state index < -0.39 is 0 Å². The van der Waals surface area contributed by atoms with E-state index in [1.54, 1.807) is 19.2 Å². The largest absolute Gasteiger partial charge is 0.444 e. The Labute approximate surface area is 121 Å². The molecule has 20 heavy (non-hydrogen) atoms. The number of aromatic nitrogens is 2. The number of carbonyl (C=O) groups excluding carboxylic acids is 1. The molecule has 0 unspecified atom stereocenters. The van der Waals surface area contributed by atoms with Gasteiger partial charge >= 0.3 is 0 Å². The summed E-state index contributed by atoms with van der Waals surface area (Å²) in [6, 6.07) is 1.57. The molecule has 2 aromatic rings. The number of amides is 1. The molecule has 2 heterocycles. The lowest BCUT2D eigenvalue weighted by molar-refractivity contribution is 0.0947. The van der Waals surface area contributed by atoms with Gasteiger partial charge in [0.2, 0.25) is 5.89 Å². The van der Waals surface area contributed by atoms with E-state index in [0.717, 1.165) is 0 Å². The van der Waals surface area contributed by atoms with Crippen LogP contribution in [-0.2, 0) is 6.54 Å². The van der Waals surface area contributed by atoms with E-state index in [9.17, 15) is 4.79 Å². The first-order valence-electron chi connectivity index (χ1n) is 6.19. The Kier molecular flexibility index (Phi) is 4.57. The molecule has 0 fully saturated rings. The Morgan fingerprint density at radius 2 is 2.20 bits per heavy atom. The molecule has 0 saturated heterocycles. The lowest BCUT2D eigenvalue weighted by Crippen LogP contribution is -2.23. The molecule has 6 nitrogen and oxygen atoms in total. The second kappa shape index (κ2) is 6.38. The molecule has 0 atom stereocenters. The van der Waals surface area contributed by atoms with Crippen molar-refractivity contribution >= 4 is 23.3 Å². The maximum Gasteiger partial charge on any atom is 0.253 e. The summed E-state index contributed by atoms with van der Waals surface area (Å²) in [6.07, 6.45) is 3.07. The van der Waals surface area contributed by atoms with Crippen molar-refractivity contribution in [3.05, 3.63) is 40.7 Å². The van der Waals surface area contributed by atoms with Gasteiger partial charge in [0, 0.05) is 12.7 Å². The van der Waals surface area contributed by atoms with Crippen LogP contribution < -0.4 is 10.6 Å². The maximum atomic E-state index is 11.9. The first-order chi connectivity index (χ1) is 9.60. The van der Waals surface area contributed by atoms with E-state index in [0.29, 0.717) is 34.6 Å². The zero-order valence-electron chi connectivity index (χ0n) is 11.2. The average Bonchev–Trinajstić information content (AvgIpc) is 2.84. The van der Waals surface area contributed by atoms with E-state index in [2.05, 4.69) is 20.6 Å². The summed E-state index contributed by atoms with van der Waals surface area (Å²) in [5.41, 5.74) is 0.389. The minimum absolute atomic E-state index is 0.221. The fourth-order valence-electron chi connectivity index (χ4n) is 1.60. The smallest absolute Gasteiger partial charge is 0.253 e. The topological polar surface area (TPSA) is 80.0 Å². The van der Waals surface area contributed by atoms with Crippen LogP contribution in [0.25, 0.3) is 0 Å². The van der Waals surface area contributed by atoms with Crippen molar-refractivity contribution in [2.45, 2.75) is 20.4 Å². The molecule has 0 aliphatic rings. The van der Waals surface area contributed by atoms with Gasteiger partial charge in [-0.2, -0.15) is 0 Å². The van der Waals surface area contributed by atoms with Crippen molar-refractivity contribution in [3.63, 3.8) is 0 Å². The first kappa shape index (κ1) is 14.3. The lowest BCUT2D eigenvalue weighted by Gasteiger charge is -2.07. The number of pyridine rings is 1. The summed E-state index contributed by atoms with van der Waals surface area (Å²) in [5.74, 6) is 1.44. The van der Waals surface area contributed by atoms with Gasteiger partial charge in [-0.15, -0.1) is 0 Å². The molecule has 1 amide bonds. The molecule has 106 valence electrons. The molecule has 0 spiro atoms. The fourth-order valence-corrected chi connectivity index (χ4v) is 1.83. The maximum absolute atomic E-state index is 11.9. The van der Waals surface area contributed by atoms with Crippen LogP contribution in [0.3, 0.4) is 0 Å². The second-order valence-corrected chi connectivity index (χ2v) is 4.54. The summed E-state index contributed by atoms with van der Waals surface area (Å²) in [5, 5.41) is 6.10. The molecule has 2 rings (SSSR count). The van der Waals surface area contributed by atoms with Crippen molar-refractivity contribution in [3.8, 4) is 0 Å². The molecule has 0 bridgehead atoms. The normalized spacial score (nSPS) is 10.3. The van der Waals surface area contributed by atoms with Crippen LogP contribution in [0.1, 0.15) is 28.9 Å². The Balaban J connectivity index is 2.00. The third-order valence-corrected chi connectivity index (χ3v) is 2.81. The van der Waals surface area contributed by atoms with Crippen LogP contribution in [0, 0.1) is 6.92 Å². The number of nitrogens with zero attached hydrogens (tertiary/aromatic N) is 2. The molecule has 0 aliphatic carbocycles. The van der Waals surface area contributed by atoms with E-state index >= 15 is 0 Å². The van der Waals surface area contributed by atoms with Crippen molar-refractivity contribution in [1.29, 1.82) is 0 Å². The number of hydrogen-bond donors (Lipinski definition) is 2. The van der Waals surface area contributed by atoms with Gasteiger partial charge in [-0.05, 0) is 19.9 Å². The highest BCUT2D eigenvalue weighted by Crippen LogP contribution is 2.19. The molecule has 2 aromatic heterocycles. The zero-order valence-corrected chi connectivity index (χ0v) is 12.0. The monoisotopic (exact) mass is 294 g/mol. The Bertz CT molecular complexity index is 612. The van der Waals surface area contributed by atoms with Crippen molar-refractivity contribution < 1.29 is 9.21 Å². The highest BCUT2D eigenvalue weighted by atomic mass is 35.5. The minimum Gasteiger partial charge on any atom is -0.444 e. The third-order valence-electron chi connectivity index (χ3n) is 2.52. The van der Waals surface area contributed by atoms with Crippen LogP contribution in [0.2, 0.25) is 5.02 Å². The third kappa shape index (κ3) is 3.48. The van der Waals surface area contributed by atoms with Gasteiger partial charge < -0.3 is 15.1 Å². The molecular formula is C13H15ClN4O2. The molecule has 7 heteroatoms. The van der Waals surface area contributed by atoms with Gasteiger partial charge in [0.25, 0.3) is 5.91 Å². The average molecular weight is 295 g/mol. The van der Waals surface area contributed by atoms with E-state index in [4.69, 9.17) is 16.0 Å². The van der Waals surface area contributed by atoms with Crippen LogP contribution in [-0.4, -0.2) is 22.4 Å². The number of halogens is 1. The predicted octanol–water partition coefficient (Wildman–Crippen LogP) is 2.39. The summed E-state index contributed by atoms with van der Waals surface area (Å²) in [6.45, 7) is 4.67. The Morgan fingerprint density at radius 3 is 2.80 bits per heavy atom. The molecule has 2 N–H and O–H groups in total. The lowest BCUT2D eigenvalue weighted by atomic mass is 10.2. The number of hydrogen-bond acceptors (Lipinski definition) is 5. The highest BCUT2D eigenvalue weighted by molar-refractivity contribution is 6.33. The molecular weight excluding hydrogens is 280 g/mol. The molecule has 0 radical (unpaired) electrons. The number of anilines is 1. The summed E-state index contributed by atoms with van der Waals surface area (Å²) in [7, 11) is 0. The standard InChI is InChI=1S/C13H15ClN4O2/c1-3-15-12-10(14)4-9(6-17-12)13(19)18-7-11-16-5-8(2)20-11/h4-6H,3,7H2,1-2H3,(H,15,17)(H,18,19). The zero-order chi connectivity index (χ0) is 14.5. The fraction of sp³-hybridized carbons (Fsp3) is 0.308. The number of nitrogens with one attached hydrogen (secondary N) is 2. The SMILES string of the molecule is CCNc1ncc(C(=O)NCc2ncc(C)o2)cc1Cl. The molecule has 0 aliphatic heterocycles. The second-order valence-electron chi connectivity index (χ2n) is 4.13. The summed E-state index contributed by atoms with van der Waals surface area (Å²) >= 11 is 6.04.